The van der Waals surface area contributed by atoms with Crippen molar-refractivity contribution in [2.24, 2.45) is 0 Å². The summed E-state index contributed by atoms with van der Waals surface area (Å²) in [7, 11) is -6.04. The molecule has 1 heterocycles. The maximum absolute atomic E-state index is 12.6. The normalized spacial score (nSPS) is 15.9. The Morgan fingerprint density at radius 3 is 2.30 bits per heavy atom. The lowest BCUT2D eigenvalue weighted by Crippen LogP contribution is -2.46. The highest BCUT2D eigenvalue weighted by Gasteiger charge is 2.33. The first-order valence-corrected chi connectivity index (χ1v) is 13.3. The van der Waals surface area contributed by atoms with Gasteiger partial charge in [-0.05, 0) is 56.2 Å². The van der Waals surface area contributed by atoms with Gasteiger partial charge in [-0.15, -0.1) is 0 Å². The molecule has 12 heteroatoms. The zero-order chi connectivity index (χ0) is 24.6. The van der Waals surface area contributed by atoms with E-state index in [4.69, 9.17) is 0 Å². The lowest BCUT2D eigenvalue weighted by molar-refractivity contribution is -0.121. The highest BCUT2D eigenvalue weighted by molar-refractivity contribution is 7.92. The van der Waals surface area contributed by atoms with Gasteiger partial charge in [-0.1, -0.05) is 17.7 Å². The van der Waals surface area contributed by atoms with Gasteiger partial charge in [-0.3, -0.25) is 24.7 Å². The van der Waals surface area contributed by atoms with Gasteiger partial charge in [-0.2, -0.15) is 4.31 Å². The van der Waals surface area contributed by atoms with Crippen molar-refractivity contribution in [3.8, 4) is 0 Å². The Morgan fingerprint density at radius 1 is 1.06 bits per heavy atom. The molecule has 2 aromatic rings. The zero-order valence-electron chi connectivity index (χ0n) is 18.7. The van der Waals surface area contributed by atoms with Gasteiger partial charge in [0.25, 0.3) is 11.8 Å². The number of nitrogens with one attached hydrogen (secondary N) is 2. The Kier molecular flexibility index (Phi) is 6.82. The van der Waals surface area contributed by atoms with Crippen LogP contribution in [0.1, 0.15) is 28.4 Å². The van der Waals surface area contributed by atoms with Crippen molar-refractivity contribution >= 4 is 37.5 Å². The predicted molar refractivity (Wildman–Crippen MR) is 124 cm³/mol. The van der Waals surface area contributed by atoms with Crippen molar-refractivity contribution in [2.45, 2.75) is 31.2 Å². The molecular weight excluding hydrogens is 468 g/mol. The molecule has 0 bridgehead atoms. The molecule has 0 saturated carbocycles. The number of anilines is 1. The highest BCUT2D eigenvalue weighted by atomic mass is 32.2. The quantitative estimate of drug-likeness (QED) is 0.571. The van der Waals surface area contributed by atoms with Crippen LogP contribution in [0.2, 0.25) is 0 Å². The molecule has 10 nitrogen and oxygen atoms in total. The molecule has 178 valence electrons. The number of sulfonamides is 2. The third-order valence-corrected chi connectivity index (χ3v) is 8.35. The van der Waals surface area contributed by atoms with E-state index < -0.39 is 38.4 Å². The molecule has 1 aliphatic heterocycles. The molecule has 2 amide bonds. The standard InChI is InChI=1S/C21H26N4O6S2/c1-14-5-8-18(9-6-14)33(30,31)24(3)13-20(26)22-23-21(27)16-7-10-19-17(12-16)11-15(2)25(19)32(4,28)29/h5-10,12,15H,11,13H2,1-4H3,(H,22,26)(H,23,27). The minimum Gasteiger partial charge on any atom is -0.272 e. The molecular formula is C21H26N4O6S2. The number of hydrogen-bond acceptors (Lipinski definition) is 6. The Morgan fingerprint density at radius 2 is 1.70 bits per heavy atom. The van der Waals surface area contributed by atoms with Gasteiger partial charge in [0, 0.05) is 18.7 Å². The highest BCUT2D eigenvalue weighted by Crippen LogP contribution is 2.34. The lowest BCUT2D eigenvalue weighted by atomic mass is 10.1. The van der Waals surface area contributed by atoms with E-state index in [0.717, 1.165) is 16.1 Å². The number of hydrazine groups is 1. The van der Waals surface area contributed by atoms with E-state index in [9.17, 15) is 26.4 Å². The number of benzene rings is 2. The second kappa shape index (κ2) is 9.12. The van der Waals surface area contributed by atoms with Gasteiger partial charge < -0.3 is 0 Å². The molecule has 1 aliphatic rings. The van der Waals surface area contributed by atoms with E-state index in [1.54, 1.807) is 31.2 Å². The SMILES string of the molecule is Cc1ccc(S(=O)(=O)N(C)CC(=O)NNC(=O)c2ccc3c(c2)CC(C)N3S(C)(=O)=O)cc1. The number of likely N-dealkylation sites (N-methyl/N-ethyl adjacent to an activating group) is 1. The lowest BCUT2D eigenvalue weighted by Gasteiger charge is -2.22. The van der Waals surface area contributed by atoms with Gasteiger partial charge in [0.1, 0.15) is 0 Å². The van der Waals surface area contributed by atoms with Crippen molar-refractivity contribution in [3.63, 3.8) is 0 Å². The fourth-order valence-electron chi connectivity index (χ4n) is 3.66. The number of fused-ring (bicyclic) bond motifs is 1. The number of carbonyl (C=O) groups is 2. The summed E-state index contributed by atoms with van der Waals surface area (Å²) in [5, 5.41) is 0. The van der Waals surface area contributed by atoms with Gasteiger partial charge in [0.05, 0.1) is 23.4 Å². The van der Waals surface area contributed by atoms with E-state index >= 15 is 0 Å². The second-order valence-electron chi connectivity index (χ2n) is 8.03. The van der Waals surface area contributed by atoms with E-state index in [2.05, 4.69) is 10.9 Å². The van der Waals surface area contributed by atoms with Crippen LogP contribution in [-0.4, -0.2) is 58.8 Å². The topological polar surface area (TPSA) is 133 Å². The van der Waals surface area contributed by atoms with Crippen LogP contribution in [0.25, 0.3) is 0 Å². The average molecular weight is 495 g/mol. The fraction of sp³-hybridized carbons (Fsp3) is 0.333. The molecule has 0 radical (unpaired) electrons. The van der Waals surface area contributed by atoms with Crippen LogP contribution < -0.4 is 15.2 Å². The van der Waals surface area contributed by atoms with Crippen LogP contribution in [0.3, 0.4) is 0 Å². The molecule has 2 aromatic carbocycles. The Bertz CT molecular complexity index is 1290. The maximum atomic E-state index is 12.6. The van der Waals surface area contributed by atoms with Crippen LogP contribution >= 0.6 is 0 Å². The average Bonchev–Trinajstić information content (AvgIpc) is 3.07. The molecule has 1 unspecified atom stereocenters. The summed E-state index contributed by atoms with van der Waals surface area (Å²) >= 11 is 0. The summed E-state index contributed by atoms with van der Waals surface area (Å²) in [5.41, 5.74) is 6.82. The van der Waals surface area contributed by atoms with Crippen LogP contribution in [0, 0.1) is 6.92 Å². The third-order valence-electron chi connectivity index (χ3n) is 5.26. The van der Waals surface area contributed by atoms with E-state index in [1.807, 2.05) is 6.92 Å². The van der Waals surface area contributed by atoms with Gasteiger partial charge in [0.15, 0.2) is 0 Å². The van der Waals surface area contributed by atoms with Crippen LogP contribution in [0.15, 0.2) is 47.4 Å². The molecule has 0 saturated heterocycles. The minimum absolute atomic E-state index is 0.0583. The smallest absolute Gasteiger partial charge is 0.269 e. The van der Waals surface area contributed by atoms with E-state index in [1.165, 1.54) is 29.6 Å². The second-order valence-corrected chi connectivity index (χ2v) is 11.9. The van der Waals surface area contributed by atoms with Crippen LogP contribution in [0.5, 0.6) is 0 Å². The summed E-state index contributed by atoms with van der Waals surface area (Å²) in [6, 6.07) is 10.6. The first kappa shape index (κ1) is 24.7. The van der Waals surface area contributed by atoms with Gasteiger partial charge in [-0.25, -0.2) is 16.8 Å². The first-order chi connectivity index (χ1) is 15.3. The number of amides is 2. The van der Waals surface area contributed by atoms with E-state index in [0.29, 0.717) is 17.7 Å². The van der Waals surface area contributed by atoms with Crippen molar-refractivity contribution in [2.75, 3.05) is 24.2 Å². The number of carbonyl (C=O) groups excluding carboxylic acids is 2. The summed E-state index contributed by atoms with van der Waals surface area (Å²) in [4.78, 5) is 24.7. The Labute approximate surface area is 193 Å². The minimum atomic E-state index is -3.86. The van der Waals surface area contributed by atoms with Crippen molar-refractivity contribution in [3.05, 3.63) is 59.2 Å². The van der Waals surface area contributed by atoms with Crippen LogP contribution in [0.4, 0.5) is 5.69 Å². The van der Waals surface area contributed by atoms with Crippen molar-refractivity contribution in [1.29, 1.82) is 0 Å². The molecule has 3 rings (SSSR count). The van der Waals surface area contributed by atoms with E-state index in [-0.39, 0.29) is 16.5 Å². The number of hydrogen-bond donors (Lipinski definition) is 2. The third kappa shape index (κ3) is 5.34. The van der Waals surface area contributed by atoms with Crippen molar-refractivity contribution in [1.82, 2.24) is 15.2 Å². The summed E-state index contributed by atoms with van der Waals surface area (Å²) in [6.45, 7) is 3.11. The van der Waals surface area contributed by atoms with Gasteiger partial charge in [0.2, 0.25) is 20.0 Å². The molecule has 2 N–H and O–H groups in total. The molecule has 33 heavy (non-hydrogen) atoms. The largest absolute Gasteiger partial charge is 0.272 e. The zero-order valence-corrected chi connectivity index (χ0v) is 20.3. The summed E-state index contributed by atoms with van der Waals surface area (Å²) < 4.78 is 51.4. The summed E-state index contributed by atoms with van der Waals surface area (Å²) in [5.74, 6) is -1.33. The molecule has 0 aliphatic carbocycles. The number of aryl methyl sites for hydroxylation is 1. The van der Waals surface area contributed by atoms with Gasteiger partial charge >= 0.3 is 0 Å². The first-order valence-electron chi connectivity index (χ1n) is 10.0. The Hall–Kier alpha value is -2.96. The Balaban J connectivity index is 1.61. The maximum Gasteiger partial charge on any atom is 0.269 e. The van der Waals surface area contributed by atoms with Crippen molar-refractivity contribution < 1.29 is 26.4 Å². The molecule has 0 aromatic heterocycles. The number of nitrogens with zero attached hydrogens (tertiary/aromatic N) is 2. The fourth-order valence-corrected chi connectivity index (χ4v) is 6.06. The molecule has 0 fully saturated rings. The molecule has 0 spiro atoms. The van der Waals surface area contributed by atoms with Crippen LogP contribution in [-0.2, 0) is 31.3 Å². The number of rotatable bonds is 6. The molecule has 1 atom stereocenters. The predicted octanol–water partition coefficient (Wildman–Crippen LogP) is 0.787. The monoisotopic (exact) mass is 494 g/mol. The summed E-state index contributed by atoms with van der Waals surface area (Å²) in [6.07, 6.45) is 1.59.